The van der Waals surface area contributed by atoms with E-state index in [1.165, 1.54) is 63.5 Å². The molecule has 0 aromatic heterocycles. The standard InChI is InChI=1S/C21H35NO/c1-4-6-8-10-15-20-18(13-9-7-5-2)17-22(3)19-14-11-12-16-21(19)23-20/h11-12,14,16,18,20H,4-10,13,15,17H2,1-3H3. The van der Waals surface area contributed by atoms with Crippen molar-refractivity contribution in [2.24, 2.45) is 5.92 Å². The topological polar surface area (TPSA) is 12.5 Å². The molecule has 23 heavy (non-hydrogen) atoms. The molecular formula is C21H35NO. The number of fused-ring (bicyclic) bond motifs is 1. The van der Waals surface area contributed by atoms with Crippen molar-refractivity contribution in [2.75, 3.05) is 18.5 Å². The molecule has 2 nitrogen and oxygen atoms in total. The van der Waals surface area contributed by atoms with Gasteiger partial charge in [-0.15, -0.1) is 0 Å². The molecule has 2 heteroatoms. The van der Waals surface area contributed by atoms with Gasteiger partial charge in [-0.25, -0.2) is 0 Å². The first-order valence-electron chi connectivity index (χ1n) is 9.73. The molecule has 2 rings (SSSR count). The van der Waals surface area contributed by atoms with Crippen molar-refractivity contribution < 1.29 is 4.74 Å². The number of nitrogens with zero attached hydrogens (tertiary/aromatic N) is 1. The highest BCUT2D eigenvalue weighted by molar-refractivity contribution is 5.58. The van der Waals surface area contributed by atoms with Gasteiger partial charge in [0.15, 0.2) is 0 Å². The lowest BCUT2D eigenvalue weighted by Gasteiger charge is -2.27. The Morgan fingerprint density at radius 1 is 0.957 bits per heavy atom. The van der Waals surface area contributed by atoms with E-state index in [4.69, 9.17) is 4.74 Å². The van der Waals surface area contributed by atoms with E-state index in [0.29, 0.717) is 12.0 Å². The fourth-order valence-corrected chi connectivity index (χ4v) is 3.70. The van der Waals surface area contributed by atoms with Crippen molar-refractivity contribution in [2.45, 2.75) is 77.7 Å². The van der Waals surface area contributed by atoms with Crippen LogP contribution in [0.1, 0.15) is 71.6 Å². The molecule has 2 atom stereocenters. The van der Waals surface area contributed by atoms with Gasteiger partial charge >= 0.3 is 0 Å². The van der Waals surface area contributed by atoms with Gasteiger partial charge in [0.25, 0.3) is 0 Å². The fraction of sp³-hybridized carbons (Fsp3) is 0.714. The van der Waals surface area contributed by atoms with Crippen LogP contribution in [0.2, 0.25) is 0 Å². The molecule has 130 valence electrons. The van der Waals surface area contributed by atoms with Gasteiger partial charge in [0, 0.05) is 19.5 Å². The summed E-state index contributed by atoms with van der Waals surface area (Å²) in [5, 5.41) is 0. The third-order valence-electron chi connectivity index (χ3n) is 5.11. The van der Waals surface area contributed by atoms with Crippen LogP contribution in [0.3, 0.4) is 0 Å². The lowest BCUT2D eigenvalue weighted by Crippen LogP contribution is -2.33. The average molecular weight is 318 g/mol. The number of unbranched alkanes of at least 4 members (excludes halogenated alkanes) is 5. The van der Waals surface area contributed by atoms with Crippen molar-refractivity contribution in [3.63, 3.8) is 0 Å². The van der Waals surface area contributed by atoms with E-state index in [9.17, 15) is 0 Å². The smallest absolute Gasteiger partial charge is 0.143 e. The Labute approximate surface area is 143 Å². The minimum absolute atomic E-state index is 0.384. The lowest BCUT2D eigenvalue weighted by molar-refractivity contribution is 0.124. The summed E-state index contributed by atoms with van der Waals surface area (Å²) < 4.78 is 6.51. The van der Waals surface area contributed by atoms with Crippen molar-refractivity contribution >= 4 is 5.69 Å². The van der Waals surface area contributed by atoms with Crippen LogP contribution >= 0.6 is 0 Å². The third-order valence-corrected chi connectivity index (χ3v) is 5.11. The largest absolute Gasteiger partial charge is 0.488 e. The quantitative estimate of drug-likeness (QED) is 0.514. The molecule has 1 aliphatic heterocycles. The predicted molar refractivity (Wildman–Crippen MR) is 101 cm³/mol. The van der Waals surface area contributed by atoms with Crippen LogP contribution in [0.15, 0.2) is 24.3 Å². The zero-order valence-corrected chi connectivity index (χ0v) is 15.4. The second kappa shape index (κ2) is 9.85. The molecule has 0 saturated heterocycles. The van der Waals surface area contributed by atoms with E-state index < -0.39 is 0 Å². The maximum atomic E-state index is 6.51. The number of hydrogen-bond donors (Lipinski definition) is 0. The summed E-state index contributed by atoms with van der Waals surface area (Å²) in [4.78, 5) is 2.40. The van der Waals surface area contributed by atoms with Crippen LogP contribution in [0.5, 0.6) is 5.75 Å². The maximum absolute atomic E-state index is 6.51. The number of para-hydroxylation sites is 2. The summed E-state index contributed by atoms with van der Waals surface area (Å²) in [6.45, 7) is 5.69. The van der Waals surface area contributed by atoms with Gasteiger partial charge in [0.1, 0.15) is 11.9 Å². The molecule has 1 heterocycles. The van der Waals surface area contributed by atoms with Crippen LogP contribution in [-0.2, 0) is 0 Å². The van der Waals surface area contributed by atoms with Crippen molar-refractivity contribution in [1.29, 1.82) is 0 Å². The molecule has 0 spiro atoms. The van der Waals surface area contributed by atoms with E-state index in [-0.39, 0.29) is 0 Å². The number of ether oxygens (including phenoxy) is 1. The third kappa shape index (κ3) is 5.44. The second-order valence-corrected chi connectivity index (χ2v) is 7.11. The van der Waals surface area contributed by atoms with Crippen molar-refractivity contribution in [3.05, 3.63) is 24.3 Å². The second-order valence-electron chi connectivity index (χ2n) is 7.11. The Bertz CT molecular complexity index is 445. The Balaban J connectivity index is 2.04. The van der Waals surface area contributed by atoms with Gasteiger partial charge in [-0.05, 0) is 31.4 Å². The van der Waals surface area contributed by atoms with E-state index in [1.54, 1.807) is 0 Å². The van der Waals surface area contributed by atoms with E-state index >= 15 is 0 Å². The molecule has 0 aliphatic carbocycles. The van der Waals surface area contributed by atoms with Gasteiger partial charge in [-0.3, -0.25) is 0 Å². The highest BCUT2D eigenvalue weighted by Crippen LogP contribution is 2.36. The fourth-order valence-electron chi connectivity index (χ4n) is 3.70. The van der Waals surface area contributed by atoms with Gasteiger partial charge in [0.2, 0.25) is 0 Å². The summed E-state index contributed by atoms with van der Waals surface area (Å²) in [6.07, 6.45) is 12.2. The molecule has 0 amide bonds. The molecule has 1 aliphatic rings. The molecule has 0 bridgehead atoms. The van der Waals surface area contributed by atoms with Crippen LogP contribution in [0.25, 0.3) is 0 Å². The van der Waals surface area contributed by atoms with Crippen molar-refractivity contribution in [3.8, 4) is 5.75 Å². The molecular weight excluding hydrogens is 282 g/mol. The normalized spacial score (nSPS) is 20.7. The van der Waals surface area contributed by atoms with Gasteiger partial charge in [-0.2, -0.15) is 0 Å². The summed E-state index contributed by atoms with van der Waals surface area (Å²) in [7, 11) is 2.22. The summed E-state index contributed by atoms with van der Waals surface area (Å²) >= 11 is 0. The molecule has 2 unspecified atom stereocenters. The lowest BCUT2D eigenvalue weighted by atomic mass is 9.91. The number of benzene rings is 1. The summed E-state index contributed by atoms with van der Waals surface area (Å²) in [5.74, 6) is 1.73. The van der Waals surface area contributed by atoms with E-state index in [0.717, 1.165) is 12.3 Å². The minimum Gasteiger partial charge on any atom is -0.488 e. The predicted octanol–water partition coefficient (Wildman–Crippen LogP) is 6.05. The number of anilines is 1. The molecule has 0 radical (unpaired) electrons. The average Bonchev–Trinajstić information content (AvgIpc) is 2.69. The zero-order chi connectivity index (χ0) is 16.5. The van der Waals surface area contributed by atoms with E-state index in [2.05, 4.69) is 50.1 Å². The van der Waals surface area contributed by atoms with Gasteiger partial charge in [-0.1, -0.05) is 64.5 Å². The summed E-state index contributed by atoms with van der Waals surface area (Å²) in [6, 6.07) is 8.54. The maximum Gasteiger partial charge on any atom is 0.143 e. The van der Waals surface area contributed by atoms with Gasteiger partial charge in [0.05, 0.1) is 5.69 Å². The highest BCUT2D eigenvalue weighted by atomic mass is 16.5. The first-order valence-corrected chi connectivity index (χ1v) is 9.73. The van der Waals surface area contributed by atoms with Crippen LogP contribution in [0.4, 0.5) is 5.69 Å². The monoisotopic (exact) mass is 317 g/mol. The zero-order valence-electron chi connectivity index (χ0n) is 15.4. The first-order chi connectivity index (χ1) is 11.3. The van der Waals surface area contributed by atoms with Crippen molar-refractivity contribution in [1.82, 2.24) is 0 Å². The highest BCUT2D eigenvalue weighted by Gasteiger charge is 2.29. The molecule has 1 aromatic rings. The van der Waals surface area contributed by atoms with E-state index in [1.807, 2.05) is 0 Å². The molecule has 1 aromatic carbocycles. The van der Waals surface area contributed by atoms with Gasteiger partial charge < -0.3 is 9.64 Å². The minimum atomic E-state index is 0.384. The summed E-state index contributed by atoms with van der Waals surface area (Å²) in [5.41, 5.74) is 1.25. The SMILES string of the molecule is CCCCCCC1Oc2ccccc2N(C)CC1CCCCC. The Morgan fingerprint density at radius 2 is 1.65 bits per heavy atom. The number of rotatable bonds is 9. The first kappa shape index (κ1) is 18.2. The van der Waals surface area contributed by atoms with Crippen LogP contribution in [0, 0.1) is 5.92 Å². The molecule has 0 N–H and O–H groups in total. The van der Waals surface area contributed by atoms with Crippen LogP contribution in [-0.4, -0.2) is 19.7 Å². The Kier molecular flexibility index (Phi) is 7.78. The molecule has 0 fully saturated rings. The Morgan fingerprint density at radius 3 is 2.43 bits per heavy atom. The Hall–Kier alpha value is -1.18. The molecule has 0 saturated carbocycles. The van der Waals surface area contributed by atoms with Crippen LogP contribution < -0.4 is 9.64 Å². The number of hydrogen-bond acceptors (Lipinski definition) is 2.